The van der Waals surface area contributed by atoms with Crippen molar-refractivity contribution in [1.29, 1.82) is 0 Å². The van der Waals surface area contributed by atoms with Crippen LogP contribution in [0.2, 0.25) is 0 Å². The lowest BCUT2D eigenvalue weighted by Gasteiger charge is -2.29. The number of halogens is 1. The number of rotatable bonds is 3. The second-order valence-electron chi connectivity index (χ2n) is 4.45. The molecule has 0 aliphatic carbocycles. The molecule has 2 unspecified atom stereocenters. The second kappa shape index (κ2) is 6.02. The summed E-state index contributed by atoms with van der Waals surface area (Å²) in [6.45, 7) is 7.30. The standard InChI is InChI=1S/C11H22BrN/c1-10(8-12)9-13-7-5-3-4-6-11(13)2/h10-11H,3-9H2,1-2H3. The highest BCUT2D eigenvalue weighted by Crippen LogP contribution is 2.17. The highest BCUT2D eigenvalue weighted by molar-refractivity contribution is 9.09. The molecule has 1 aliphatic heterocycles. The zero-order valence-corrected chi connectivity index (χ0v) is 10.5. The van der Waals surface area contributed by atoms with E-state index in [2.05, 4.69) is 34.7 Å². The molecule has 0 spiro atoms. The molecule has 0 aromatic carbocycles. The fourth-order valence-corrected chi connectivity index (χ4v) is 2.26. The molecule has 0 N–H and O–H groups in total. The van der Waals surface area contributed by atoms with Gasteiger partial charge in [-0.15, -0.1) is 0 Å². The Balaban J connectivity index is 2.35. The van der Waals surface area contributed by atoms with Crippen LogP contribution in [0.15, 0.2) is 0 Å². The van der Waals surface area contributed by atoms with Crippen molar-refractivity contribution >= 4 is 15.9 Å². The third kappa shape index (κ3) is 3.99. The average Bonchev–Trinajstić information content (AvgIpc) is 2.32. The topological polar surface area (TPSA) is 3.24 Å². The van der Waals surface area contributed by atoms with Crippen LogP contribution in [0.3, 0.4) is 0 Å². The normalized spacial score (nSPS) is 28.4. The molecule has 2 heteroatoms. The van der Waals surface area contributed by atoms with Crippen LogP contribution in [-0.2, 0) is 0 Å². The number of hydrogen-bond acceptors (Lipinski definition) is 1. The van der Waals surface area contributed by atoms with Gasteiger partial charge in [0.25, 0.3) is 0 Å². The van der Waals surface area contributed by atoms with Gasteiger partial charge in [-0.3, -0.25) is 0 Å². The lowest BCUT2D eigenvalue weighted by molar-refractivity contribution is 0.192. The van der Waals surface area contributed by atoms with Gasteiger partial charge in [-0.1, -0.05) is 35.7 Å². The van der Waals surface area contributed by atoms with Crippen molar-refractivity contribution in [3.8, 4) is 0 Å². The first kappa shape index (κ1) is 11.5. The van der Waals surface area contributed by atoms with Gasteiger partial charge in [0.1, 0.15) is 0 Å². The van der Waals surface area contributed by atoms with Crippen LogP contribution in [0, 0.1) is 5.92 Å². The third-order valence-corrected chi connectivity index (χ3v) is 4.11. The summed E-state index contributed by atoms with van der Waals surface area (Å²) >= 11 is 3.55. The maximum absolute atomic E-state index is 3.55. The molecule has 1 rings (SSSR count). The molecular weight excluding hydrogens is 226 g/mol. The molecule has 0 aromatic rings. The van der Waals surface area contributed by atoms with Gasteiger partial charge in [-0.25, -0.2) is 0 Å². The molecule has 1 aliphatic rings. The molecule has 2 atom stereocenters. The Hall–Kier alpha value is 0.440. The summed E-state index contributed by atoms with van der Waals surface area (Å²) in [6.07, 6.45) is 5.66. The van der Waals surface area contributed by atoms with Crippen LogP contribution in [0.5, 0.6) is 0 Å². The van der Waals surface area contributed by atoms with Crippen LogP contribution in [0.25, 0.3) is 0 Å². The minimum atomic E-state index is 0.792. The number of alkyl halides is 1. The molecule has 1 nitrogen and oxygen atoms in total. The SMILES string of the molecule is CC(CBr)CN1CCCCCC1C. The van der Waals surface area contributed by atoms with E-state index in [1.165, 1.54) is 38.8 Å². The lowest BCUT2D eigenvalue weighted by Crippen LogP contribution is -2.36. The first-order valence-electron chi connectivity index (χ1n) is 5.54. The van der Waals surface area contributed by atoms with Crippen molar-refractivity contribution in [1.82, 2.24) is 4.90 Å². The monoisotopic (exact) mass is 247 g/mol. The minimum Gasteiger partial charge on any atom is -0.300 e. The molecule has 0 aromatic heterocycles. The molecule has 1 saturated heterocycles. The average molecular weight is 248 g/mol. The molecule has 1 fully saturated rings. The van der Waals surface area contributed by atoms with E-state index >= 15 is 0 Å². The summed E-state index contributed by atoms with van der Waals surface area (Å²) in [5, 5.41) is 1.14. The van der Waals surface area contributed by atoms with Crippen molar-refractivity contribution < 1.29 is 0 Å². The number of hydrogen-bond donors (Lipinski definition) is 0. The minimum absolute atomic E-state index is 0.792. The molecule has 1 heterocycles. The predicted molar refractivity (Wildman–Crippen MR) is 62.5 cm³/mol. The summed E-state index contributed by atoms with van der Waals surface area (Å²) in [4.78, 5) is 2.67. The van der Waals surface area contributed by atoms with Crippen LogP contribution < -0.4 is 0 Å². The maximum Gasteiger partial charge on any atom is 0.00692 e. The smallest absolute Gasteiger partial charge is 0.00692 e. The lowest BCUT2D eigenvalue weighted by atomic mass is 10.1. The maximum atomic E-state index is 3.55. The summed E-state index contributed by atoms with van der Waals surface area (Å²) in [5.74, 6) is 0.792. The van der Waals surface area contributed by atoms with Gasteiger partial charge >= 0.3 is 0 Å². The zero-order valence-electron chi connectivity index (χ0n) is 8.93. The van der Waals surface area contributed by atoms with Gasteiger partial charge in [0.05, 0.1) is 0 Å². The summed E-state index contributed by atoms with van der Waals surface area (Å²) in [5.41, 5.74) is 0. The van der Waals surface area contributed by atoms with Gasteiger partial charge in [0, 0.05) is 17.9 Å². The second-order valence-corrected chi connectivity index (χ2v) is 5.10. The molecule has 0 radical (unpaired) electrons. The van der Waals surface area contributed by atoms with Crippen LogP contribution in [-0.4, -0.2) is 29.4 Å². The Morgan fingerprint density at radius 3 is 2.85 bits per heavy atom. The molecule has 13 heavy (non-hydrogen) atoms. The summed E-state index contributed by atoms with van der Waals surface area (Å²) < 4.78 is 0. The molecule has 78 valence electrons. The fourth-order valence-electron chi connectivity index (χ4n) is 2.05. The number of likely N-dealkylation sites (tertiary alicyclic amines) is 1. The van der Waals surface area contributed by atoms with E-state index in [9.17, 15) is 0 Å². The zero-order chi connectivity index (χ0) is 9.68. The fraction of sp³-hybridized carbons (Fsp3) is 1.00. The van der Waals surface area contributed by atoms with Crippen molar-refractivity contribution in [3.05, 3.63) is 0 Å². The Morgan fingerprint density at radius 1 is 1.38 bits per heavy atom. The van der Waals surface area contributed by atoms with Gasteiger partial charge in [0.15, 0.2) is 0 Å². The van der Waals surface area contributed by atoms with Gasteiger partial charge in [0.2, 0.25) is 0 Å². The van der Waals surface area contributed by atoms with Crippen molar-refractivity contribution in [2.45, 2.75) is 45.6 Å². The van der Waals surface area contributed by atoms with Crippen LogP contribution in [0.4, 0.5) is 0 Å². The predicted octanol–water partition coefficient (Wildman–Crippen LogP) is 3.28. The first-order chi connectivity index (χ1) is 6.24. The van der Waals surface area contributed by atoms with Crippen LogP contribution in [0.1, 0.15) is 39.5 Å². The van der Waals surface area contributed by atoms with Gasteiger partial charge in [-0.05, 0) is 32.2 Å². The van der Waals surface area contributed by atoms with Crippen LogP contribution >= 0.6 is 15.9 Å². The van der Waals surface area contributed by atoms with E-state index in [-0.39, 0.29) is 0 Å². The highest BCUT2D eigenvalue weighted by atomic mass is 79.9. The third-order valence-electron chi connectivity index (χ3n) is 3.00. The largest absolute Gasteiger partial charge is 0.300 e. The Morgan fingerprint density at radius 2 is 2.15 bits per heavy atom. The first-order valence-corrected chi connectivity index (χ1v) is 6.66. The van der Waals surface area contributed by atoms with E-state index in [1.807, 2.05) is 0 Å². The molecule has 0 saturated carbocycles. The van der Waals surface area contributed by atoms with E-state index in [4.69, 9.17) is 0 Å². The van der Waals surface area contributed by atoms with E-state index in [1.54, 1.807) is 0 Å². The molecule has 0 amide bonds. The van der Waals surface area contributed by atoms with Gasteiger partial charge < -0.3 is 4.90 Å². The quantitative estimate of drug-likeness (QED) is 0.693. The summed E-state index contributed by atoms with van der Waals surface area (Å²) in [7, 11) is 0. The summed E-state index contributed by atoms with van der Waals surface area (Å²) in [6, 6.07) is 0.809. The Kier molecular flexibility index (Phi) is 5.34. The highest BCUT2D eigenvalue weighted by Gasteiger charge is 2.17. The van der Waals surface area contributed by atoms with E-state index < -0.39 is 0 Å². The Bertz CT molecular complexity index is 138. The van der Waals surface area contributed by atoms with Crippen molar-refractivity contribution in [3.63, 3.8) is 0 Å². The van der Waals surface area contributed by atoms with Gasteiger partial charge in [-0.2, -0.15) is 0 Å². The van der Waals surface area contributed by atoms with E-state index in [0.717, 1.165) is 17.3 Å². The van der Waals surface area contributed by atoms with Crippen molar-refractivity contribution in [2.24, 2.45) is 5.92 Å². The van der Waals surface area contributed by atoms with Crippen molar-refractivity contribution in [2.75, 3.05) is 18.4 Å². The molecule has 0 bridgehead atoms. The molecular formula is C11H22BrN. The Labute approximate surface area is 91.0 Å². The van der Waals surface area contributed by atoms with E-state index in [0.29, 0.717) is 0 Å². The number of nitrogens with zero attached hydrogens (tertiary/aromatic N) is 1.